The Balaban J connectivity index is 1.32. The second-order valence-corrected chi connectivity index (χ2v) is 8.78. The molecule has 1 amide bonds. The Morgan fingerprint density at radius 2 is 1.91 bits per heavy atom. The van der Waals surface area contributed by atoms with Crippen molar-refractivity contribution in [3.63, 3.8) is 0 Å². The Hall–Kier alpha value is -4.15. The van der Waals surface area contributed by atoms with Gasteiger partial charge < -0.3 is 19.8 Å². The lowest BCUT2D eigenvalue weighted by atomic mass is 10.0. The van der Waals surface area contributed by atoms with Gasteiger partial charge in [-0.05, 0) is 18.1 Å². The van der Waals surface area contributed by atoms with Crippen LogP contribution >= 0.6 is 11.3 Å². The summed E-state index contributed by atoms with van der Waals surface area (Å²) in [6, 6.07) is 17.4. The number of benzodiazepines with no additional fused rings is 1. The number of ether oxygens (including phenoxy) is 1. The molecule has 0 spiro atoms. The molecule has 10 heteroatoms. The van der Waals surface area contributed by atoms with Crippen LogP contribution in [0.3, 0.4) is 0 Å². The van der Waals surface area contributed by atoms with Crippen LogP contribution in [0.1, 0.15) is 22.4 Å². The molecule has 2 N–H and O–H groups in total. The molecule has 35 heavy (non-hydrogen) atoms. The van der Waals surface area contributed by atoms with E-state index in [9.17, 15) is 4.79 Å². The predicted octanol–water partition coefficient (Wildman–Crippen LogP) is 4.22. The quantitative estimate of drug-likeness (QED) is 0.436. The van der Waals surface area contributed by atoms with Gasteiger partial charge in [-0.3, -0.25) is 4.79 Å². The highest BCUT2D eigenvalue weighted by Crippen LogP contribution is 2.34. The number of anilines is 2. The van der Waals surface area contributed by atoms with E-state index in [1.54, 1.807) is 5.51 Å². The van der Waals surface area contributed by atoms with Crippen LogP contribution in [0, 0.1) is 0 Å². The van der Waals surface area contributed by atoms with Gasteiger partial charge in [-0.2, -0.15) is 0 Å². The average molecular weight is 485 g/mol. The second kappa shape index (κ2) is 9.24. The van der Waals surface area contributed by atoms with Crippen LogP contribution in [0.4, 0.5) is 11.7 Å². The maximum Gasteiger partial charge on any atom is 0.317 e. The Morgan fingerprint density at radius 1 is 1.06 bits per heavy atom. The summed E-state index contributed by atoms with van der Waals surface area (Å²) in [6.45, 7) is 1.24. The number of thiazole rings is 1. The molecular formula is C25H20N6O3S. The van der Waals surface area contributed by atoms with Gasteiger partial charge in [0.1, 0.15) is 5.69 Å². The smallest absolute Gasteiger partial charge is 0.317 e. The largest absolute Gasteiger partial charge is 0.402 e. The van der Waals surface area contributed by atoms with Gasteiger partial charge in [0.2, 0.25) is 6.17 Å². The second-order valence-electron chi connectivity index (χ2n) is 7.92. The molecule has 1 atom stereocenters. The zero-order valence-corrected chi connectivity index (χ0v) is 19.3. The van der Waals surface area contributed by atoms with E-state index in [1.807, 2.05) is 60.7 Å². The zero-order valence-electron chi connectivity index (χ0n) is 18.5. The SMILES string of the molecule is O=C1Nc2ccccc2C(c2ccccc2)=N[C@@H]1Nc1nnc(-c2ncsc2C2=CCOCC2)o1. The first-order valence-corrected chi connectivity index (χ1v) is 12.0. The third-order valence-electron chi connectivity index (χ3n) is 5.70. The van der Waals surface area contributed by atoms with Crippen molar-refractivity contribution in [1.82, 2.24) is 15.2 Å². The third-order valence-corrected chi connectivity index (χ3v) is 6.61. The average Bonchev–Trinajstić information content (AvgIpc) is 3.55. The van der Waals surface area contributed by atoms with E-state index in [0.29, 0.717) is 30.3 Å². The molecular weight excluding hydrogens is 464 g/mol. The normalized spacial score (nSPS) is 17.6. The van der Waals surface area contributed by atoms with Crippen molar-refractivity contribution in [2.75, 3.05) is 23.8 Å². The van der Waals surface area contributed by atoms with Gasteiger partial charge in [0.15, 0.2) is 0 Å². The summed E-state index contributed by atoms with van der Waals surface area (Å²) in [6.07, 6.45) is 1.87. The lowest BCUT2D eigenvalue weighted by Gasteiger charge is -2.12. The molecule has 9 nitrogen and oxygen atoms in total. The van der Waals surface area contributed by atoms with Gasteiger partial charge in [0.25, 0.3) is 11.8 Å². The number of para-hydroxylation sites is 1. The molecule has 0 fully saturated rings. The Morgan fingerprint density at radius 3 is 2.77 bits per heavy atom. The summed E-state index contributed by atoms with van der Waals surface area (Å²) in [7, 11) is 0. The van der Waals surface area contributed by atoms with Crippen LogP contribution in [0.2, 0.25) is 0 Å². The molecule has 0 bridgehead atoms. The van der Waals surface area contributed by atoms with Crippen LogP contribution in [0.5, 0.6) is 0 Å². The van der Waals surface area contributed by atoms with E-state index >= 15 is 0 Å². The fraction of sp³-hybridized carbons (Fsp3) is 0.160. The van der Waals surface area contributed by atoms with Crippen molar-refractivity contribution in [2.24, 2.45) is 4.99 Å². The van der Waals surface area contributed by atoms with Crippen LogP contribution in [0.15, 0.2) is 75.6 Å². The molecule has 2 aliphatic heterocycles. The number of aromatic nitrogens is 3. The fourth-order valence-corrected chi connectivity index (χ4v) is 4.89. The lowest BCUT2D eigenvalue weighted by Crippen LogP contribution is -2.32. The first kappa shape index (κ1) is 21.4. The van der Waals surface area contributed by atoms with Gasteiger partial charge in [0.05, 0.1) is 35.0 Å². The number of hydrogen-bond donors (Lipinski definition) is 2. The zero-order chi connectivity index (χ0) is 23.6. The summed E-state index contributed by atoms with van der Waals surface area (Å²) in [5, 5.41) is 14.2. The van der Waals surface area contributed by atoms with Crippen molar-refractivity contribution in [2.45, 2.75) is 12.6 Å². The van der Waals surface area contributed by atoms with Gasteiger partial charge in [-0.25, -0.2) is 9.98 Å². The number of nitrogens with one attached hydrogen (secondary N) is 2. The van der Waals surface area contributed by atoms with Crippen LogP contribution < -0.4 is 10.6 Å². The van der Waals surface area contributed by atoms with Gasteiger partial charge in [-0.15, -0.1) is 16.4 Å². The molecule has 2 aromatic carbocycles. The molecule has 0 unspecified atom stereocenters. The van der Waals surface area contributed by atoms with Crippen molar-refractivity contribution in [3.8, 4) is 11.6 Å². The number of aliphatic imine (C=N–C) groups is 1. The van der Waals surface area contributed by atoms with Crippen molar-refractivity contribution in [1.29, 1.82) is 0 Å². The first-order valence-electron chi connectivity index (χ1n) is 11.1. The molecule has 2 aromatic heterocycles. The van der Waals surface area contributed by atoms with Gasteiger partial charge >= 0.3 is 6.01 Å². The number of carbonyl (C=O) groups excluding carboxylic acids is 1. The Kier molecular flexibility index (Phi) is 5.65. The van der Waals surface area contributed by atoms with E-state index in [-0.39, 0.29) is 17.8 Å². The number of benzene rings is 2. The van der Waals surface area contributed by atoms with Crippen LogP contribution in [-0.4, -0.2) is 46.2 Å². The summed E-state index contributed by atoms with van der Waals surface area (Å²) in [5.41, 5.74) is 6.63. The monoisotopic (exact) mass is 484 g/mol. The molecule has 0 radical (unpaired) electrons. The van der Waals surface area contributed by atoms with E-state index in [4.69, 9.17) is 14.1 Å². The lowest BCUT2D eigenvalue weighted by molar-refractivity contribution is -0.116. The minimum Gasteiger partial charge on any atom is -0.402 e. The molecule has 0 aliphatic carbocycles. The summed E-state index contributed by atoms with van der Waals surface area (Å²) < 4.78 is 11.3. The highest BCUT2D eigenvalue weighted by Gasteiger charge is 2.28. The van der Waals surface area contributed by atoms with E-state index in [0.717, 1.165) is 28.0 Å². The summed E-state index contributed by atoms with van der Waals surface area (Å²) >= 11 is 1.52. The molecule has 174 valence electrons. The maximum atomic E-state index is 13.1. The Bertz CT molecular complexity index is 1440. The number of hydrogen-bond acceptors (Lipinski definition) is 9. The van der Waals surface area contributed by atoms with Crippen molar-refractivity contribution in [3.05, 3.63) is 82.2 Å². The summed E-state index contributed by atoms with van der Waals surface area (Å²) in [5.74, 6) is -0.0504. The van der Waals surface area contributed by atoms with Crippen molar-refractivity contribution >= 4 is 40.2 Å². The minimum absolute atomic E-state index is 0.0853. The molecule has 2 aliphatic rings. The Labute approximate surface area is 204 Å². The van der Waals surface area contributed by atoms with E-state index in [1.165, 1.54) is 11.3 Å². The van der Waals surface area contributed by atoms with Gasteiger partial charge in [0, 0.05) is 11.1 Å². The number of carbonyl (C=O) groups is 1. The van der Waals surface area contributed by atoms with Gasteiger partial charge in [-0.1, -0.05) is 59.7 Å². The van der Waals surface area contributed by atoms with Crippen LogP contribution in [0.25, 0.3) is 17.2 Å². The van der Waals surface area contributed by atoms with E-state index < -0.39 is 6.17 Å². The number of fused-ring (bicyclic) bond motifs is 1. The molecule has 4 heterocycles. The molecule has 0 saturated carbocycles. The highest BCUT2D eigenvalue weighted by atomic mass is 32.1. The van der Waals surface area contributed by atoms with E-state index in [2.05, 4.69) is 25.8 Å². The standard InChI is InChI=1S/C25H20N6O3S/c32-23-22(28-19(15-6-2-1-3-7-15)17-8-4-5-9-18(17)27-23)29-25-31-30-24(34-25)20-21(35-14-26-20)16-10-12-33-13-11-16/h1-10,14,22H,11-13H2,(H,27,32)(H,29,31)/t22-/m1/s1. The number of amides is 1. The minimum atomic E-state index is -0.973. The highest BCUT2D eigenvalue weighted by molar-refractivity contribution is 7.11. The molecule has 0 saturated heterocycles. The number of nitrogens with zero attached hydrogens (tertiary/aromatic N) is 4. The van der Waals surface area contributed by atoms with Crippen molar-refractivity contribution < 1.29 is 13.9 Å². The fourth-order valence-electron chi connectivity index (χ4n) is 4.03. The first-order chi connectivity index (χ1) is 17.3. The predicted molar refractivity (Wildman–Crippen MR) is 133 cm³/mol. The number of rotatable bonds is 5. The molecule has 6 rings (SSSR count). The molecule has 4 aromatic rings. The maximum absolute atomic E-state index is 13.1. The topological polar surface area (TPSA) is 115 Å². The third kappa shape index (κ3) is 4.25. The summed E-state index contributed by atoms with van der Waals surface area (Å²) in [4.78, 5) is 23.2. The van der Waals surface area contributed by atoms with Crippen LogP contribution in [-0.2, 0) is 9.53 Å².